The van der Waals surface area contributed by atoms with Crippen LogP contribution >= 0.6 is 11.6 Å². The molecule has 0 fully saturated rings. The topological polar surface area (TPSA) is 74.0 Å². The van der Waals surface area contributed by atoms with E-state index in [4.69, 9.17) is 16.3 Å². The minimum atomic E-state index is -0.576. The number of ether oxygens (including phenoxy) is 1. The Morgan fingerprint density at radius 1 is 1.19 bits per heavy atom. The number of benzene rings is 1. The minimum Gasteiger partial charge on any atom is -0.406 e. The fourth-order valence-electron chi connectivity index (χ4n) is 2.64. The molecule has 0 atom stereocenters. The van der Waals surface area contributed by atoms with Gasteiger partial charge >= 0.3 is 6.09 Å². The second kappa shape index (κ2) is 8.05. The molecule has 0 bridgehead atoms. The summed E-state index contributed by atoms with van der Waals surface area (Å²) in [7, 11) is 0. The molecule has 0 unspecified atom stereocenters. The molecular weight excluding hydrogens is 354 g/mol. The molecule has 3 aromatic rings. The first kappa shape index (κ1) is 18.0. The van der Waals surface area contributed by atoms with Crippen molar-refractivity contribution in [1.29, 1.82) is 0 Å². The zero-order valence-electron chi connectivity index (χ0n) is 14.6. The van der Waals surface area contributed by atoms with Crippen molar-refractivity contribution >= 4 is 23.5 Å². The number of hydrogen-bond acceptors (Lipinski definition) is 4. The van der Waals surface area contributed by atoms with E-state index in [-0.39, 0.29) is 0 Å². The fourth-order valence-corrected chi connectivity index (χ4v) is 2.76. The van der Waals surface area contributed by atoms with Crippen LogP contribution in [0.4, 0.5) is 10.6 Å². The largest absolute Gasteiger partial charge is 0.418 e. The zero-order valence-corrected chi connectivity index (χ0v) is 15.4. The highest BCUT2D eigenvalue weighted by molar-refractivity contribution is 6.30. The molecule has 0 radical (unpaired) electrons. The molecule has 7 nitrogen and oxygen atoms in total. The highest BCUT2D eigenvalue weighted by atomic mass is 35.5. The first-order valence-corrected chi connectivity index (χ1v) is 8.83. The molecular formula is C18H20ClN5O2. The quantitative estimate of drug-likeness (QED) is 0.698. The van der Waals surface area contributed by atoms with Gasteiger partial charge in [-0.25, -0.2) is 14.2 Å². The lowest BCUT2D eigenvalue weighted by Gasteiger charge is -2.10. The molecule has 0 aliphatic carbocycles. The lowest BCUT2D eigenvalue weighted by Crippen LogP contribution is -2.19. The van der Waals surface area contributed by atoms with E-state index in [2.05, 4.69) is 22.4 Å². The molecule has 1 N–H and O–H groups in total. The molecule has 2 aromatic heterocycles. The summed E-state index contributed by atoms with van der Waals surface area (Å²) in [6.07, 6.45) is 4.21. The van der Waals surface area contributed by atoms with Gasteiger partial charge in [-0.2, -0.15) is 10.2 Å². The zero-order chi connectivity index (χ0) is 18.5. The van der Waals surface area contributed by atoms with Crippen LogP contribution in [0, 0.1) is 0 Å². The van der Waals surface area contributed by atoms with Crippen molar-refractivity contribution in [1.82, 2.24) is 19.6 Å². The molecule has 136 valence electrons. The Labute approximate surface area is 156 Å². The fraction of sp³-hybridized carbons (Fsp3) is 0.278. The van der Waals surface area contributed by atoms with Crippen molar-refractivity contribution in [2.24, 2.45) is 0 Å². The highest BCUT2D eigenvalue weighted by Gasteiger charge is 2.17. The summed E-state index contributed by atoms with van der Waals surface area (Å²) in [4.78, 5) is 12.3. The summed E-state index contributed by atoms with van der Waals surface area (Å²) in [5.41, 5.74) is 1.69. The number of aryl methyl sites for hydroxylation is 1. The van der Waals surface area contributed by atoms with Crippen LogP contribution in [0.25, 0.3) is 5.69 Å². The van der Waals surface area contributed by atoms with E-state index >= 15 is 0 Å². The van der Waals surface area contributed by atoms with E-state index in [1.807, 2.05) is 19.1 Å². The number of anilines is 1. The Balaban J connectivity index is 1.81. The summed E-state index contributed by atoms with van der Waals surface area (Å²) in [6.45, 7) is 4.65. The average Bonchev–Trinajstić information content (AvgIpc) is 3.23. The van der Waals surface area contributed by atoms with Crippen LogP contribution in [0.15, 0.2) is 42.7 Å². The third kappa shape index (κ3) is 3.88. The van der Waals surface area contributed by atoms with E-state index < -0.39 is 6.09 Å². The molecule has 1 amide bonds. The summed E-state index contributed by atoms with van der Waals surface area (Å²) < 4.78 is 8.93. The number of halogens is 1. The SMILES string of the molecule is CCCc1c(OC(=O)Nc2ccnn2CC)cnn1-c1ccc(Cl)cc1. The number of carbonyl (C=O) groups is 1. The van der Waals surface area contributed by atoms with Crippen molar-refractivity contribution in [3.8, 4) is 11.4 Å². The van der Waals surface area contributed by atoms with Gasteiger partial charge in [0, 0.05) is 17.6 Å². The van der Waals surface area contributed by atoms with E-state index in [1.54, 1.807) is 40.0 Å². The number of nitrogens with zero attached hydrogens (tertiary/aromatic N) is 4. The second-order valence-electron chi connectivity index (χ2n) is 5.64. The van der Waals surface area contributed by atoms with Gasteiger partial charge in [0.2, 0.25) is 0 Å². The molecule has 0 spiro atoms. The third-order valence-corrected chi connectivity index (χ3v) is 4.09. The molecule has 0 aliphatic heterocycles. The van der Waals surface area contributed by atoms with Crippen LogP contribution in [-0.2, 0) is 13.0 Å². The molecule has 0 aliphatic rings. The summed E-state index contributed by atoms with van der Waals surface area (Å²) in [5.74, 6) is 1.02. The summed E-state index contributed by atoms with van der Waals surface area (Å²) in [5, 5.41) is 11.8. The van der Waals surface area contributed by atoms with Gasteiger partial charge in [-0.15, -0.1) is 0 Å². The van der Waals surface area contributed by atoms with Crippen molar-refractivity contribution < 1.29 is 9.53 Å². The summed E-state index contributed by atoms with van der Waals surface area (Å²) >= 11 is 5.95. The Morgan fingerprint density at radius 3 is 2.65 bits per heavy atom. The van der Waals surface area contributed by atoms with Crippen molar-refractivity contribution in [3.05, 3.63) is 53.4 Å². The van der Waals surface area contributed by atoms with Crippen molar-refractivity contribution in [2.75, 3.05) is 5.32 Å². The predicted molar refractivity (Wildman–Crippen MR) is 100 cm³/mol. The molecule has 2 heterocycles. The maximum atomic E-state index is 12.3. The lowest BCUT2D eigenvalue weighted by molar-refractivity contribution is 0.214. The summed E-state index contributed by atoms with van der Waals surface area (Å²) in [6, 6.07) is 9.06. The van der Waals surface area contributed by atoms with Crippen LogP contribution in [0.1, 0.15) is 26.0 Å². The monoisotopic (exact) mass is 373 g/mol. The van der Waals surface area contributed by atoms with Gasteiger partial charge in [0.25, 0.3) is 0 Å². The Morgan fingerprint density at radius 2 is 1.96 bits per heavy atom. The van der Waals surface area contributed by atoms with Crippen LogP contribution < -0.4 is 10.1 Å². The average molecular weight is 374 g/mol. The van der Waals surface area contributed by atoms with Gasteiger partial charge in [0.1, 0.15) is 5.82 Å². The number of aromatic nitrogens is 4. The maximum absolute atomic E-state index is 12.3. The maximum Gasteiger partial charge on any atom is 0.418 e. The standard InChI is InChI=1S/C18H20ClN5O2/c1-3-5-15-16(12-21-24(15)14-8-6-13(19)7-9-14)26-18(25)22-17-10-11-20-23(17)4-2/h6-12H,3-5H2,1-2H3,(H,22,25). The van der Waals surface area contributed by atoms with Gasteiger partial charge in [-0.1, -0.05) is 24.9 Å². The number of rotatable bonds is 6. The molecule has 0 saturated heterocycles. The van der Waals surface area contributed by atoms with Gasteiger partial charge in [0.15, 0.2) is 5.75 Å². The normalized spacial score (nSPS) is 10.7. The van der Waals surface area contributed by atoms with Gasteiger partial charge in [-0.05, 0) is 37.6 Å². The number of amides is 1. The Hall–Kier alpha value is -2.80. The lowest BCUT2D eigenvalue weighted by atomic mass is 10.2. The minimum absolute atomic E-state index is 0.432. The molecule has 0 saturated carbocycles. The van der Waals surface area contributed by atoms with Crippen LogP contribution in [0.2, 0.25) is 5.02 Å². The van der Waals surface area contributed by atoms with E-state index in [1.165, 1.54) is 0 Å². The second-order valence-corrected chi connectivity index (χ2v) is 6.08. The van der Waals surface area contributed by atoms with Crippen molar-refractivity contribution in [3.63, 3.8) is 0 Å². The Bertz CT molecular complexity index is 885. The van der Waals surface area contributed by atoms with Gasteiger partial charge < -0.3 is 4.74 Å². The first-order valence-electron chi connectivity index (χ1n) is 8.45. The molecule has 26 heavy (non-hydrogen) atoms. The van der Waals surface area contributed by atoms with Crippen LogP contribution in [0.5, 0.6) is 5.75 Å². The van der Waals surface area contributed by atoms with Crippen LogP contribution in [-0.4, -0.2) is 25.7 Å². The predicted octanol–water partition coefficient (Wildman–Crippen LogP) is 4.31. The molecule has 3 rings (SSSR count). The van der Waals surface area contributed by atoms with Gasteiger partial charge in [0.05, 0.1) is 23.8 Å². The van der Waals surface area contributed by atoms with E-state index in [0.29, 0.717) is 23.1 Å². The third-order valence-electron chi connectivity index (χ3n) is 3.84. The highest BCUT2D eigenvalue weighted by Crippen LogP contribution is 2.24. The number of hydrogen-bond donors (Lipinski definition) is 1. The van der Waals surface area contributed by atoms with Crippen LogP contribution in [0.3, 0.4) is 0 Å². The van der Waals surface area contributed by atoms with Crippen molar-refractivity contribution in [2.45, 2.75) is 33.2 Å². The number of nitrogens with one attached hydrogen (secondary N) is 1. The smallest absolute Gasteiger partial charge is 0.406 e. The first-order chi connectivity index (χ1) is 12.6. The molecule has 1 aromatic carbocycles. The van der Waals surface area contributed by atoms with Gasteiger partial charge in [-0.3, -0.25) is 5.32 Å². The van der Waals surface area contributed by atoms with E-state index in [0.717, 1.165) is 24.2 Å². The Kier molecular flexibility index (Phi) is 5.58. The number of carbonyl (C=O) groups excluding carboxylic acids is 1. The molecule has 8 heteroatoms. The van der Waals surface area contributed by atoms with E-state index in [9.17, 15) is 4.79 Å².